The van der Waals surface area contributed by atoms with Gasteiger partial charge in [0, 0.05) is 36.6 Å². The Morgan fingerprint density at radius 1 is 0.846 bits per heavy atom. The maximum atomic E-state index is 14.7. The van der Waals surface area contributed by atoms with Gasteiger partial charge in [-0.1, -0.05) is 91.8 Å². The first-order valence-corrected chi connectivity index (χ1v) is 24.5. The first-order chi connectivity index (χ1) is 30.7. The molecule has 0 radical (unpaired) electrons. The summed E-state index contributed by atoms with van der Waals surface area (Å²) in [5.41, 5.74) is -1.01. The van der Waals surface area contributed by atoms with E-state index in [1.54, 1.807) is 19.1 Å². The number of benzene rings is 1. The average molecular weight is 911 g/mol. The van der Waals surface area contributed by atoms with Gasteiger partial charge in [0.05, 0.1) is 53.7 Å². The SMILES string of the molecule is CC[C@@H](C(=O)[C@@H](C)[C@@H](O)[C@H](C)[C@@H]1O[C@@H]([C@@H](CC)C(=O)O)CC[C@@H]1C)[C@H]1O[C@]2(C=C[C@@H](NC(=O)C(=O)NCc3ccccc3)[C@]3(CC[C@@](C)([C@H]4CC[C@](O)(CC)[C@H](C)O4)O3)O2)[C@H](C)C[C@@H]1C. The fraction of sp³-hybridized carbons (Fsp3) is 0.765. The second-order valence-corrected chi connectivity index (χ2v) is 20.6. The van der Waals surface area contributed by atoms with Crippen molar-refractivity contribution in [3.8, 4) is 0 Å². The van der Waals surface area contributed by atoms with E-state index in [0.717, 1.165) is 12.0 Å². The minimum atomic E-state index is -1.50. The van der Waals surface area contributed by atoms with Crippen LogP contribution < -0.4 is 10.6 Å². The van der Waals surface area contributed by atoms with Crippen LogP contribution in [-0.2, 0) is 49.4 Å². The lowest BCUT2D eigenvalue weighted by atomic mass is 9.72. The van der Waals surface area contributed by atoms with Crippen LogP contribution in [0.25, 0.3) is 0 Å². The van der Waals surface area contributed by atoms with Gasteiger partial charge in [-0.05, 0) is 95.1 Å². The van der Waals surface area contributed by atoms with Crippen LogP contribution in [0.1, 0.15) is 139 Å². The summed E-state index contributed by atoms with van der Waals surface area (Å²) in [7, 11) is 0. The number of amides is 2. The summed E-state index contributed by atoms with van der Waals surface area (Å²) >= 11 is 0. The highest BCUT2D eigenvalue weighted by Crippen LogP contribution is 2.54. The van der Waals surface area contributed by atoms with Gasteiger partial charge in [0.25, 0.3) is 0 Å². The van der Waals surface area contributed by atoms with Crippen molar-refractivity contribution in [3.63, 3.8) is 0 Å². The van der Waals surface area contributed by atoms with E-state index in [1.807, 2.05) is 78.8 Å². The summed E-state index contributed by atoms with van der Waals surface area (Å²) in [6.07, 6.45) is 5.57. The van der Waals surface area contributed by atoms with Crippen molar-refractivity contribution < 1.29 is 58.2 Å². The average Bonchev–Trinajstić information content (AvgIpc) is 3.63. The van der Waals surface area contributed by atoms with E-state index in [2.05, 4.69) is 24.5 Å². The number of aliphatic hydroxyl groups excluding tert-OH is 1. The third-order valence-corrected chi connectivity index (χ3v) is 16.3. The largest absolute Gasteiger partial charge is 0.481 e. The van der Waals surface area contributed by atoms with Crippen LogP contribution in [0.3, 0.4) is 0 Å². The normalized spacial score (nSPS) is 39.5. The molecular weight excluding hydrogens is 833 g/mol. The Labute approximate surface area is 386 Å². The molecule has 4 saturated heterocycles. The number of carboxylic acid groups (broad SMARTS) is 1. The molecule has 0 aliphatic carbocycles. The van der Waals surface area contributed by atoms with Crippen LogP contribution in [0.5, 0.6) is 0 Å². The van der Waals surface area contributed by atoms with Crippen LogP contribution in [0.2, 0.25) is 0 Å². The van der Waals surface area contributed by atoms with E-state index >= 15 is 0 Å². The number of hydrogen-bond donors (Lipinski definition) is 5. The number of hydrogen-bond acceptors (Lipinski definition) is 11. The summed E-state index contributed by atoms with van der Waals surface area (Å²) in [4.78, 5) is 53.6. The fourth-order valence-corrected chi connectivity index (χ4v) is 11.7. The van der Waals surface area contributed by atoms with E-state index in [0.29, 0.717) is 57.8 Å². The molecule has 0 aromatic heterocycles. The fourth-order valence-electron chi connectivity index (χ4n) is 11.7. The summed E-state index contributed by atoms with van der Waals surface area (Å²) in [5, 5.41) is 38.6. The number of aliphatic carboxylic acids is 1. The van der Waals surface area contributed by atoms with Crippen LogP contribution in [0.4, 0.5) is 0 Å². The van der Waals surface area contributed by atoms with E-state index in [9.17, 15) is 34.5 Å². The first-order valence-electron chi connectivity index (χ1n) is 24.5. The van der Waals surface area contributed by atoms with Crippen LogP contribution in [0, 0.1) is 41.4 Å². The molecule has 0 bridgehead atoms. The molecule has 4 fully saturated rings. The van der Waals surface area contributed by atoms with Gasteiger partial charge in [-0.25, -0.2) is 0 Å². The molecule has 14 nitrogen and oxygen atoms in total. The van der Waals surface area contributed by atoms with Gasteiger partial charge in [0.15, 0.2) is 11.6 Å². The number of carbonyl (C=O) groups is 4. The second kappa shape index (κ2) is 20.5. The van der Waals surface area contributed by atoms with Crippen molar-refractivity contribution in [2.24, 2.45) is 41.4 Å². The maximum absolute atomic E-state index is 14.7. The van der Waals surface area contributed by atoms with Crippen LogP contribution in [-0.4, -0.2) is 104 Å². The Balaban J connectivity index is 1.24. The highest BCUT2D eigenvalue weighted by atomic mass is 16.8. The Morgan fingerprint density at radius 3 is 2.17 bits per heavy atom. The van der Waals surface area contributed by atoms with E-state index < -0.39 is 107 Å². The number of aliphatic hydroxyl groups is 2. The molecule has 14 heteroatoms. The number of ether oxygens (including phenoxy) is 5. The lowest BCUT2D eigenvalue weighted by molar-refractivity contribution is -0.398. The Morgan fingerprint density at radius 2 is 1.54 bits per heavy atom. The summed E-state index contributed by atoms with van der Waals surface area (Å²) < 4.78 is 34.4. The van der Waals surface area contributed by atoms with Gasteiger partial charge in [0.2, 0.25) is 0 Å². The minimum Gasteiger partial charge on any atom is -0.481 e. The van der Waals surface area contributed by atoms with Crippen molar-refractivity contribution >= 4 is 23.6 Å². The van der Waals surface area contributed by atoms with E-state index in [1.165, 1.54) is 0 Å². The Kier molecular flexibility index (Phi) is 16.2. The molecule has 6 rings (SSSR count). The highest BCUT2D eigenvalue weighted by molar-refractivity contribution is 6.35. The molecule has 5 aliphatic heterocycles. The van der Waals surface area contributed by atoms with Crippen molar-refractivity contribution in [2.45, 2.75) is 205 Å². The lowest BCUT2D eigenvalue weighted by Gasteiger charge is -2.55. The third kappa shape index (κ3) is 10.4. The second-order valence-electron chi connectivity index (χ2n) is 20.6. The lowest BCUT2D eigenvalue weighted by Crippen LogP contribution is -2.66. The third-order valence-electron chi connectivity index (χ3n) is 16.3. The van der Waals surface area contributed by atoms with Gasteiger partial charge in [-0.3, -0.25) is 19.2 Å². The smallest absolute Gasteiger partial charge is 0.309 e. The predicted molar refractivity (Wildman–Crippen MR) is 243 cm³/mol. The Hall–Kier alpha value is -3.24. The zero-order chi connectivity index (χ0) is 47.6. The van der Waals surface area contributed by atoms with Crippen LogP contribution >= 0.6 is 0 Å². The van der Waals surface area contributed by atoms with Gasteiger partial charge < -0.3 is 49.6 Å². The molecule has 5 heterocycles. The molecule has 364 valence electrons. The monoisotopic (exact) mass is 911 g/mol. The van der Waals surface area contributed by atoms with Gasteiger partial charge >= 0.3 is 17.8 Å². The number of rotatable bonds is 15. The molecule has 2 amide bonds. The van der Waals surface area contributed by atoms with Crippen molar-refractivity contribution in [2.75, 3.05) is 0 Å². The molecule has 18 atom stereocenters. The zero-order valence-electron chi connectivity index (χ0n) is 40.4. The molecule has 0 saturated carbocycles. The summed E-state index contributed by atoms with van der Waals surface area (Å²) in [5.74, 6) is -8.24. The standard InChI is InChI=1S/C51H78N2O12/c1-11-36(47(58)59)38-20-19-29(4)43(62-38)33(8)41(54)32(7)42(55)37(12-2)44-30(5)27-31(6)50(63-44)24-21-39(53-46(57)45(56)52-28-35-17-15-14-16-18-35)51(65-50)26-25-48(10,64-51)40-22-23-49(60,13-3)34(9)61-40/h14-18,21,24,29-34,36-41,43-44,54,60H,11-13,19-20,22-23,25-28H2,1-10H3,(H,52,56)(H,53,57)(H,58,59)/t29-,30-,31+,32-,33-,34-,36+,37-,38+,39+,40+,41+,43+,44-,48-,49+,50-,51-/m0/s1. The van der Waals surface area contributed by atoms with E-state index in [-0.39, 0.29) is 30.1 Å². The molecule has 0 unspecified atom stereocenters. The van der Waals surface area contributed by atoms with Crippen molar-refractivity contribution in [1.82, 2.24) is 10.6 Å². The Bertz CT molecular complexity index is 1860. The van der Waals surface area contributed by atoms with Gasteiger partial charge in [-0.15, -0.1) is 0 Å². The first kappa shape index (κ1) is 51.2. The van der Waals surface area contributed by atoms with Crippen LogP contribution in [0.15, 0.2) is 42.5 Å². The molecule has 2 spiro atoms. The molecular formula is C51H78N2O12. The molecule has 5 N–H and O–H groups in total. The number of Topliss-reactive ketones (excluding diaryl/α,β-unsaturated/α-hetero) is 1. The minimum absolute atomic E-state index is 0.0707. The number of nitrogens with one attached hydrogen (secondary N) is 2. The van der Waals surface area contributed by atoms with Gasteiger partial charge in [0.1, 0.15) is 11.8 Å². The van der Waals surface area contributed by atoms with E-state index in [4.69, 9.17) is 23.7 Å². The highest BCUT2D eigenvalue weighted by Gasteiger charge is 2.63. The molecule has 65 heavy (non-hydrogen) atoms. The van der Waals surface area contributed by atoms with Gasteiger partial charge in [-0.2, -0.15) is 0 Å². The molecule has 1 aromatic carbocycles. The number of carboxylic acids is 1. The molecule has 5 aliphatic rings. The van der Waals surface area contributed by atoms with Crippen molar-refractivity contribution in [1.29, 1.82) is 0 Å². The zero-order valence-corrected chi connectivity index (χ0v) is 40.4. The summed E-state index contributed by atoms with van der Waals surface area (Å²) in [6, 6.07) is 8.42. The molecule has 1 aromatic rings. The topological polar surface area (TPSA) is 199 Å². The maximum Gasteiger partial charge on any atom is 0.309 e. The predicted octanol–water partition coefficient (Wildman–Crippen LogP) is 6.63. The quantitative estimate of drug-likeness (QED) is 0.0932. The number of carbonyl (C=O) groups excluding carboxylic acids is 3. The van der Waals surface area contributed by atoms with Crippen molar-refractivity contribution in [3.05, 3.63) is 48.0 Å². The summed E-state index contributed by atoms with van der Waals surface area (Å²) in [6.45, 7) is 19.6. The number of ketones is 1.